The third-order valence-corrected chi connectivity index (χ3v) is 3.79. The molecule has 0 aromatic heterocycles. The van der Waals surface area contributed by atoms with Crippen molar-refractivity contribution in [3.63, 3.8) is 0 Å². The topological polar surface area (TPSA) is 70.1 Å². The van der Waals surface area contributed by atoms with Crippen molar-refractivity contribution in [2.45, 2.75) is 18.9 Å². The molecule has 5 heteroatoms. The molecule has 2 atom stereocenters. The zero-order valence-corrected chi connectivity index (χ0v) is 9.13. The largest absolute Gasteiger partial charge is 0.316 e. The van der Waals surface area contributed by atoms with Gasteiger partial charge >= 0.3 is 0 Å². The quantitative estimate of drug-likeness (QED) is 0.700. The minimum Gasteiger partial charge on any atom is -0.316 e. The van der Waals surface area contributed by atoms with Gasteiger partial charge < -0.3 is 10.6 Å². The summed E-state index contributed by atoms with van der Waals surface area (Å²) < 4.78 is 11.2. The lowest BCUT2D eigenvalue weighted by Crippen LogP contribution is -2.31. The Morgan fingerprint density at radius 3 is 3.00 bits per heavy atom. The van der Waals surface area contributed by atoms with E-state index in [9.17, 15) is 4.21 Å². The molecule has 80 valence electrons. The molecule has 1 aliphatic heterocycles. The lowest BCUT2D eigenvalue weighted by molar-refractivity contribution is 0.288. The average molecular weight is 215 g/mol. The average Bonchev–Trinajstić information content (AvgIpc) is 2.39. The van der Waals surface area contributed by atoms with Gasteiger partial charge in [-0.15, -0.1) is 0 Å². The summed E-state index contributed by atoms with van der Waals surface area (Å²) in [6.45, 7) is 2.72. The summed E-state index contributed by atoms with van der Waals surface area (Å²) in [4.78, 5) is 2.25. The molecule has 14 heavy (non-hydrogen) atoms. The Morgan fingerprint density at radius 2 is 2.29 bits per heavy atom. The van der Waals surface area contributed by atoms with E-state index in [1.807, 2.05) is 6.07 Å². The molecule has 0 bridgehead atoms. The Balaban J connectivity index is 2.24. The summed E-state index contributed by atoms with van der Waals surface area (Å²) in [6.07, 6.45) is 1.71. The van der Waals surface area contributed by atoms with E-state index < -0.39 is 10.8 Å². The van der Waals surface area contributed by atoms with Crippen LogP contribution in [0, 0.1) is 11.3 Å². The zero-order valence-electron chi connectivity index (χ0n) is 8.32. The van der Waals surface area contributed by atoms with E-state index in [1.54, 1.807) is 0 Å². The Kier molecular flexibility index (Phi) is 5.09. The predicted octanol–water partition coefficient (Wildman–Crippen LogP) is -0.318. The monoisotopic (exact) mass is 215 g/mol. The fraction of sp³-hybridized carbons (Fsp3) is 0.889. The Bertz CT molecular complexity index is 239. The Morgan fingerprint density at radius 1 is 1.50 bits per heavy atom. The maximum absolute atomic E-state index is 11.2. The summed E-state index contributed by atoms with van der Waals surface area (Å²) in [6, 6.07) is 1.66. The van der Waals surface area contributed by atoms with Gasteiger partial charge in [-0.25, -0.2) is 0 Å². The van der Waals surface area contributed by atoms with Gasteiger partial charge in [0.25, 0.3) is 0 Å². The van der Waals surface area contributed by atoms with E-state index in [2.05, 4.69) is 4.90 Å². The number of hydrogen-bond acceptors (Lipinski definition) is 4. The molecule has 1 fully saturated rings. The van der Waals surface area contributed by atoms with Gasteiger partial charge in [0, 0.05) is 35.4 Å². The van der Waals surface area contributed by atoms with Crippen molar-refractivity contribution in [1.29, 1.82) is 5.26 Å². The third kappa shape index (κ3) is 4.18. The van der Waals surface area contributed by atoms with Gasteiger partial charge in [-0.3, -0.25) is 4.21 Å². The molecule has 0 amide bonds. The second-order valence-electron chi connectivity index (χ2n) is 3.57. The number of nitriles is 1. The molecule has 2 N–H and O–H groups in total. The molecule has 0 aromatic carbocycles. The van der Waals surface area contributed by atoms with Crippen LogP contribution in [-0.2, 0) is 10.8 Å². The molecule has 0 aromatic rings. The van der Waals surface area contributed by atoms with E-state index in [0.29, 0.717) is 6.42 Å². The minimum absolute atomic E-state index is 0.358. The van der Waals surface area contributed by atoms with Crippen molar-refractivity contribution in [2.24, 2.45) is 5.73 Å². The normalized spacial score (nSPS) is 26.4. The van der Waals surface area contributed by atoms with Gasteiger partial charge in [-0.05, 0) is 19.4 Å². The summed E-state index contributed by atoms with van der Waals surface area (Å²) in [5.41, 5.74) is 5.51. The van der Waals surface area contributed by atoms with Gasteiger partial charge in [0.05, 0.1) is 12.1 Å². The molecule has 0 saturated carbocycles. The van der Waals surface area contributed by atoms with E-state index >= 15 is 0 Å². The van der Waals surface area contributed by atoms with Crippen LogP contribution in [0.15, 0.2) is 0 Å². The lowest BCUT2D eigenvalue weighted by Gasteiger charge is -2.19. The number of nitrogens with zero attached hydrogens (tertiary/aromatic N) is 2. The molecular formula is C9H17N3OS. The molecular weight excluding hydrogens is 198 g/mol. The first-order valence-corrected chi connectivity index (χ1v) is 6.43. The van der Waals surface area contributed by atoms with Crippen molar-refractivity contribution >= 4 is 10.8 Å². The maximum Gasteiger partial charge on any atom is 0.0940 e. The number of hydrogen-bond donors (Lipinski definition) is 1. The Hall–Kier alpha value is -0.440. The van der Waals surface area contributed by atoms with Gasteiger partial charge in [0.2, 0.25) is 0 Å². The molecule has 0 radical (unpaired) electrons. The van der Waals surface area contributed by atoms with Crippen LogP contribution in [0.25, 0.3) is 0 Å². The first-order valence-electron chi connectivity index (χ1n) is 4.95. The Labute approximate surface area is 87.5 Å². The van der Waals surface area contributed by atoms with Crippen molar-refractivity contribution in [3.8, 4) is 6.07 Å². The molecule has 1 aliphatic rings. The SMILES string of the molecule is N#CC(N)CCN1CCCS(=O)CC1. The lowest BCUT2D eigenvalue weighted by atomic mass is 10.2. The van der Waals surface area contributed by atoms with Crippen LogP contribution in [0.4, 0.5) is 0 Å². The first kappa shape index (κ1) is 11.6. The number of rotatable bonds is 3. The molecule has 0 aliphatic carbocycles. The highest BCUT2D eigenvalue weighted by Crippen LogP contribution is 2.03. The van der Waals surface area contributed by atoms with Gasteiger partial charge in [-0.1, -0.05) is 0 Å². The fourth-order valence-electron chi connectivity index (χ4n) is 1.50. The summed E-state index contributed by atoms with van der Waals surface area (Å²) in [7, 11) is -0.632. The van der Waals surface area contributed by atoms with E-state index in [0.717, 1.165) is 37.6 Å². The van der Waals surface area contributed by atoms with Gasteiger partial charge in [-0.2, -0.15) is 5.26 Å². The number of nitrogens with two attached hydrogens (primary N) is 1. The van der Waals surface area contributed by atoms with Crippen LogP contribution in [-0.4, -0.2) is 46.3 Å². The zero-order chi connectivity index (χ0) is 10.4. The highest BCUT2D eigenvalue weighted by atomic mass is 32.2. The van der Waals surface area contributed by atoms with Crippen LogP contribution in [0.3, 0.4) is 0 Å². The highest BCUT2D eigenvalue weighted by Gasteiger charge is 2.13. The second kappa shape index (κ2) is 6.12. The maximum atomic E-state index is 11.2. The predicted molar refractivity (Wildman–Crippen MR) is 57.1 cm³/mol. The molecule has 1 rings (SSSR count). The van der Waals surface area contributed by atoms with Crippen LogP contribution in [0.1, 0.15) is 12.8 Å². The highest BCUT2D eigenvalue weighted by molar-refractivity contribution is 7.85. The summed E-state index contributed by atoms with van der Waals surface area (Å²) >= 11 is 0. The van der Waals surface area contributed by atoms with Crippen molar-refractivity contribution in [3.05, 3.63) is 0 Å². The molecule has 2 unspecified atom stereocenters. The molecule has 1 saturated heterocycles. The third-order valence-electron chi connectivity index (χ3n) is 2.40. The summed E-state index contributed by atoms with van der Waals surface area (Å²) in [5, 5.41) is 8.52. The van der Waals surface area contributed by atoms with Gasteiger partial charge in [0.15, 0.2) is 0 Å². The minimum atomic E-state index is -0.632. The van der Waals surface area contributed by atoms with Crippen molar-refractivity contribution in [2.75, 3.05) is 31.1 Å². The van der Waals surface area contributed by atoms with Crippen LogP contribution in [0.5, 0.6) is 0 Å². The summed E-state index contributed by atoms with van der Waals surface area (Å²) in [5.74, 6) is 1.59. The molecule has 4 nitrogen and oxygen atoms in total. The molecule has 0 spiro atoms. The van der Waals surface area contributed by atoms with Crippen LogP contribution >= 0.6 is 0 Å². The first-order chi connectivity index (χ1) is 6.72. The van der Waals surface area contributed by atoms with Crippen molar-refractivity contribution < 1.29 is 4.21 Å². The van der Waals surface area contributed by atoms with Crippen LogP contribution in [0.2, 0.25) is 0 Å². The second-order valence-corrected chi connectivity index (χ2v) is 5.26. The van der Waals surface area contributed by atoms with Crippen molar-refractivity contribution in [1.82, 2.24) is 4.90 Å². The standard InChI is InChI=1S/C9H17N3OS/c10-8-9(11)2-4-12-3-1-6-14(13)7-5-12/h9H,1-7,11H2. The van der Waals surface area contributed by atoms with Crippen LogP contribution < -0.4 is 5.73 Å². The van der Waals surface area contributed by atoms with E-state index in [4.69, 9.17) is 11.0 Å². The smallest absolute Gasteiger partial charge is 0.0940 e. The van der Waals surface area contributed by atoms with E-state index in [-0.39, 0.29) is 6.04 Å². The fourth-order valence-corrected chi connectivity index (χ4v) is 2.62. The van der Waals surface area contributed by atoms with Gasteiger partial charge in [0.1, 0.15) is 0 Å². The van der Waals surface area contributed by atoms with E-state index in [1.165, 1.54) is 0 Å². The molecule has 1 heterocycles.